The number of likely N-dealkylation sites (N-methyl/N-ethyl adjacent to an activating group) is 2. The summed E-state index contributed by atoms with van der Waals surface area (Å²) in [4.78, 5) is 2.22. The third kappa shape index (κ3) is 4.25. The van der Waals surface area contributed by atoms with Gasteiger partial charge in [0.05, 0.1) is 6.07 Å². The molecule has 0 aromatic carbocycles. The first kappa shape index (κ1) is 12.4. The zero-order chi connectivity index (χ0) is 10.4. The topological polar surface area (TPSA) is 39.1 Å². The van der Waals surface area contributed by atoms with Gasteiger partial charge in [0.2, 0.25) is 0 Å². The summed E-state index contributed by atoms with van der Waals surface area (Å²) in [6.45, 7) is 7.37. The van der Waals surface area contributed by atoms with Crippen molar-refractivity contribution in [3.05, 3.63) is 0 Å². The molecular formula is C10H21N3. The molecule has 0 fully saturated rings. The zero-order valence-corrected chi connectivity index (χ0v) is 9.33. The molecule has 2 unspecified atom stereocenters. The fraction of sp³-hybridized carbons (Fsp3) is 0.900. The Balaban J connectivity index is 3.99. The summed E-state index contributed by atoms with van der Waals surface area (Å²) in [6.07, 6.45) is 0. The Hall–Kier alpha value is -0.590. The largest absolute Gasteiger partial charge is 0.304 e. The third-order valence-electron chi connectivity index (χ3n) is 2.63. The van der Waals surface area contributed by atoms with E-state index in [1.54, 1.807) is 0 Å². The average Bonchev–Trinajstić information content (AvgIpc) is 2.12. The summed E-state index contributed by atoms with van der Waals surface area (Å²) in [7, 11) is 3.88. The fourth-order valence-corrected chi connectivity index (χ4v) is 1.16. The molecule has 0 heterocycles. The molecule has 0 aromatic rings. The Morgan fingerprint density at radius 2 is 1.92 bits per heavy atom. The van der Waals surface area contributed by atoms with E-state index in [1.807, 2.05) is 7.05 Å². The molecule has 0 amide bonds. The minimum atomic E-state index is -0.0637. The van der Waals surface area contributed by atoms with Gasteiger partial charge in [0.1, 0.15) is 6.04 Å². The maximum Gasteiger partial charge on any atom is 0.108 e. The molecule has 0 spiro atoms. The van der Waals surface area contributed by atoms with E-state index in [2.05, 4.69) is 44.1 Å². The van der Waals surface area contributed by atoms with Crippen LogP contribution in [0.2, 0.25) is 0 Å². The van der Waals surface area contributed by atoms with Gasteiger partial charge >= 0.3 is 0 Å². The highest BCUT2D eigenvalue weighted by atomic mass is 15.1. The van der Waals surface area contributed by atoms with E-state index in [9.17, 15) is 0 Å². The minimum absolute atomic E-state index is 0.0637. The van der Waals surface area contributed by atoms with Gasteiger partial charge in [0, 0.05) is 12.6 Å². The molecular weight excluding hydrogens is 162 g/mol. The monoisotopic (exact) mass is 183 g/mol. The van der Waals surface area contributed by atoms with E-state index in [4.69, 9.17) is 5.26 Å². The molecule has 0 aliphatic rings. The average molecular weight is 183 g/mol. The van der Waals surface area contributed by atoms with Crippen molar-refractivity contribution in [3.8, 4) is 6.07 Å². The second-order valence-electron chi connectivity index (χ2n) is 3.89. The van der Waals surface area contributed by atoms with Crippen molar-refractivity contribution in [2.45, 2.75) is 32.9 Å². The smallest absolute Gasteiger partial charge is 0.108 e. The van der Waals surface area contributed by atoms with Crippen molar-refractivity contribution in [1.29, 1.82) is 5.26 Å². The van der Waals surface area contributed by atoms with Crippen LogP contribution in [-0.2, 0) is 0 Å². The molecule has 13 heavy (non-hydrogen) atoms. The lowest BCUT2D eigenvalue weighted by molar-refractivity contribution is 0.200. The van der Waals surface area contributed by atoms with Gasteiger partial charge in [-0.05, 0) is 26.9 Å². The molecule has 0 saturated carbocycles. The lowest BCUT2D eigenvalue weighted by atomic mass is 10.0. The van der Waals surface area contributed by atoms with Gasteiger partial charge in [-0.25, -0.2) is 0 Å². The van der Waals surface area contributed by atoms with Crippen LogP contribution in [0.4, 0.5) is 0 Å². The normalized spacial score (nSPS) is 15.8. The predicted molar refractivity (Wildman–Crippen MR) is 55.4 cm³/mol. The van der Waals surface area contributed by atoms with Crippen LogP contribution in [0.3, 0.4) is 0 Å². The SMILES string of the molecule is CNC(C#N)CN(C)C(C)C(C)C. The first-order chi connectivity index (χ1) is 6.02. The number of rotatable bonds is 5. The van der Waals surface area contributed by atoms with E-state index >= 15 is 0 Å². The summed E-state index contributed by atoms with van der Waals surface area (Å²) < 4.78 is 0. The molecule has 3 nitrogen and oxygen atoms in total. The Labute approximate surface area is 81.7 Å². The van der Waals surface area contributed by atoms with Gasteiger partial charge in [0.25, 0.3) is 0 Å². The van der Waals surface area contributed by atoms with Crippen LogP contribution in [0.1, 0.15) is 20.8 Å². The van der Waals surface area contributed by atoms with Gasteiger partial charge in [-0.3, -0.25) is 0 Å². The van der Waals surface area contributed by atoms with Gasteiger partial charge < -0.3 is 10.2 Å². The Morgan fingerprint density at radius 1 is 1.38 bits per heavy atom. The highest BCUT2D eigenvalue weighted by Crippen LogP contribution is 2.07. The molecule has 3 heteroatoms. The number of hydrogen-bond donors (Lipinski definition) is 1. The number of nitrogens with zero attached hydrogens (tertiary/aromatic N) is 2. The van der Waals surface area contributed by atoms with Crippen molar-refractivity contribution in [2.75, 3.05) is 20.6 Å². The van der Waals surface area contributed by atoms with E-state index in [0.29, 0.717) is 12.0 Å². The van der Waals surface area contributed by atoms with Crippen LogP contribution < -0.4 is 5.32 Å². The molecule has 0 bridgehead atoms. The highest BCUT2D eigenvalue weighted by molar-refractivity contribution is 4.91. The van der Waals surface area contributed by atoms with E-state index in [-0.39, 0.29) is 6.04 Å². The van der Waals surface area contributed by atoms with E-state index in [0.717, 1.165) is 6.54 Å². The molecule has 0 aliphatic carbocycles. The highest BCUT2D eigenvalue weighted by Gasteiger charge is 2.16. The molecule has 0 aliphatic heterocycles. The quantitative estimate of drug-likeness (QED) is 0.693. The Morgan fingerprint density at radius 3 is 2.23 bits per heavy atom. The van der Waals surface area contributed by atoms with Crippen molar-refractivity contribution in [3.63, 3.8) is 0 Å². The molecule has 2 atom stereocenters. The maximum absolute atomic E-state index is 8.76. The van der Waals surface area contributed by atoms with Gasteiger partial charge in [-0.2, -0.15) is 5.26 Å². The van der Waals surface area contributed by atoms with Gasteiger partial charge in [-0.15, -0.1) is 0 Å². The van der Waals surface area contributed by atoms with E-state index < -0.39 is 0 Å². The van der Waals surface area contributed by atoms with Crippen LogP contribution >= 0.6 is 0 Å². The van der Waals surface area contributed by atoms with Crippen molar-refractivity contribution < 1.29 is 0 Å². The van der Waals surface area contributed by atoms with Crippen LogP contribution in [-0.4, -0.2) is 37.6 Å². The van der Waals surface area contributed by atoms with E-state index in [1.165, 1.54) is 0 Å². The number of nitriles is 1. The lowest BCUT2D eigenvalue weighted by Gasteiger charge is -2.29. The molecule has 0 rings (SSSR count). The molecule has 0 saturated heterocycles. The first-order valence-electron chi connectivity index (χ1n) is 4.80. The lowest BCUT2D eigenvalue weighted by Crippen LogP contribution is -2.42. The van der Waals surface area contributed by atoms with Crippen LogP contribution in [0, 0.1) is 17.2 Å². The summed E-state index contributed by atoms with van der Waals surface area (Å²) in [5.74, 6) is 0.626. The Bertz CT molecular complexity index is 171. The molecule has 76 valence electrons. The van der Waals surface area contributed by atoms with Gasteiger partial charge in [0.15, 0.2) is 0 Å². The van der Waals surface area contributed by atoms with Crippen LogP contribution in [0.5, 0.6) is 0 Å². The summed E-state index contributed by atoms with van der Waals surface area (Å²) in [5.41, 5.74) is 0. The summed E-state index contributed by atoms with van der Waals surface area (Å²) in [6, 6.07) is 2.68. The number of hydrogen-bond acceptors (Lipinski definition) is 3. The van der Waals surface area contributed by atoms with Crippen molar-refractivity contribution >= 4 is 0 Å². The van der Waals surface area contributed by atoms with Crippen LogP contribution in [0.25, 0.3) is 0 Å². The third-order valence-corrected chi connectivity index (χ3v) is 2.63. The standard InChI is InChI=1S/C10H21N3/c1-8(2)9(3)13(5)7-10(6-11)12-4/h8-10,12H,7H2,1-5H3. The van der Waals surface area contributed by atoms with Crippen molar-refractivity contribution in [1.82, 2.24) is 10.2 Å². The predicted octanol–water partition coefficient (Wildman–Crippen LogP) is 1.07. The minimum Gasteiger partial charge on any atom is -0.304 e. The molecule has 0 aromatic heterocycles. The Kier molecular flexibility index (Phi) is 5.68. The zero-order valence-electron chi connectivity index (χ0n) is 9.33. The van der Waals surface area contributed by atoms with Gasteiger partial charge in [-0.1, -0.05) is 13.8 Å². The maximum atomic E-state index is 8.76. The first-order valence-corrected chi connectivity index (χ1v) is 4.80. The molecule has 1 N–H and O–H groups in total. The fourth-order valence-electron chi connectivity index (χ4n) is 1.16. The van der Waals surface area contributed by atoms with Crippen molar-refractivity contribution in [2.24, 2.45) is 5.92 Å². The second-order valence-corrected chi connectivity index (χ2v) is 3.89. The van der Waals surface area contributed by atoms with Crippen LogP contribution in [0.15, 0.2) is 0 Å². The molecule has 0 radical (unpaired) electrons. The number of nitrogens with one attached hydrogen (secondary N) is 1. The summed E-state index contributed by atoms with van der Waals surface area (Å²) in [5, 5.41) is 11.7. The summed E-state index contributed by atoms with van der Waals surface area (Å²) >= 11 is 0. The second kappa shape index (κ2) is 5.95.